The van der Waals surface area contributed by atoms with Crippen LogP contribution < -0.4 is 5.56 Å². The van der Waals surface area contributed by atoms with Crippen LogP contribution in [-0.2, 0) is 6.54 Å². The molecule has 0 spiro atoms. The lowest BCUT2D eigenvalue weighted by Crippen LogP contribution is -2.42. The van der Waals surface area contributed by atoms with Crippen LogP contribution in [0.1, 0.15) is 31.0 Å². The predicted molar refractivity (Wildman–Crippen MR) is 81.3 cm³/mol. The van der Waals surface area contributed by atoms with E-state index in [0.717, 1.165) is 37.2 Å². The van der Waals surface area contributed by atoms with Crippen molar-refractivity contribution < 1.29 is 5.11 Å². The van der Waals surface area contributed by atoms with E-state index in [9.17, 15) is 9.90 Å². The van der Waals surface area contributed by atoms with Crippen LogP contribution in [0.15, 0.2) is 29.2 Å². The smallest absolute Gasteiger partial charge is 0.258 e. The molecule has 2 aromatic heterocycles. The van der Waals surface area contributed by atoms with Gasteiger partial charge < -0.3 is 5.11 Å². The highest BCUT2D eigenvalue weighted by Crippen LogP contribution is 2.21. The molecule has 5 nitrogen and oxygen atoms in total. The van der Waals surface area contributed by atoms with Crippen LogP contribution in [0.25, 0.3) is 5.65 Å². The Kier molecular flexibility index (Phi) is 3.55. The van der Waals surface area contributed by atoms with Crippen LogP contribution in [0.3, 0.4) is 0 Å². The average Bonchev–Trinajstić information content (AvgIpc) is 2.42. The number of pyridine rings is 1. The first-order valence-corrected chi connectivity index (χ1v) is 7.37. The second-order valence-corrected chi connectivity index (χ2v) is 6.29. The number of rotatable bonds is 2. The summed E-state index contributed by atoms with van der Waals surface area (Å²) in [5.41, 5.74) is 1.93. The maximum atomic E-state index is 12.2. The SMILES string of the molecule is Cc1ccc2nc(CN3CCC(C)(O)CC3)cc(=O)n2c1. The van der Waals surface area contributed by atoms with Crippen molar-refractivity contribution in [3.05, 3.63) is 46.0 Å². The van der Waals surface area contributed by atoms with E-state index in [1.807, 2.05) is 32.2 Å². The van der Waals surface area contributed by atoms with Gasteiger partial charge in [0.1, 0.15) is 5.65 Å². The predicted octanol–water partition coefficient (Wildman–Crippen LogP) is 1.35. The van der Waals surface area contributed by atoms with Gasteiger partial charge in [0.15, 0.2) is 0 Å². The fourth-order valence-corrected chi connectivity index (χ4v) is 2.76. The summed E-state index contributed by atoms with van der Waals surface area (Å²) in [6.07, 6.45) is 3.34. The Labute approximate surface area is 123 Å². The number of piperidine rings is 1. The van der Waals surface area contributed by atoms with Crippen LogP contribution in [0.4, 0.5) is 0 Å². The maximum absolute atomic E-state index is 12.2. The van der Waals surface area contributed by atoms with Crippen LogP contribution >= 0.6 is 0 Å². The van der Waals surface area contributed by atoms with Gasteiger partial charge in [-0.05, 0) is 38.3 Å². The lowest BCUT2D eigenvalue weighted by molar-refractivity contribution is -0.00757. The lowest BCUT2D eigenvalue weighted by atomic mass is 9.94. The fourth-order valence-electron chi connectivity index (χ4n) is 2.76. The molecule has 1 aliphatic rings. The van der Waals surface area contributed by atoms with Crippen LogP contribution in [0.2, 0.25) is 0 Å². The third-order valence-electron chi connectivity index (χ3n) is 4.18. The number of likely N-dealkylation sites (tertiary alicyclic amines) is 1. The molecule has 0 amide bonds. The molecule has 2 aromatic rings. The second kappa shape index (κ2) is 5.24. The first kappa shape index (κ1) is 14.2. The Morgan fingerprint density at radius 2 is 2.05 bits per heavy atom. The van der Waals surface area contributed by atoms with Crippen molar-refractivity contribution in [2.75, 3.05) is 13.1 Å². The van der Waals surface area contributed by atoms with Crippen LogP contribution in [0, 0.1) is 6.92 Å². The zero-order valence-electron chi connectivity index (χ0n) is 12.5. The van der Waals surface area contributed by atoms with E-state index in [0.29, 0.717) is 12.2 Å². The van der Waals surface area contributed by atoms with Gasteiger partial charge in [0.2, 0.25) is 0 Å². The number of aliphatic hydroxyl groups is 1. The standard InChI is InChI=1S/C16H21N3O2/c1-12-3-4-14-17-13(9-15(20)19(14)10-12)11-18-7-5-16(2,21)6-8-18/h3-4,9-10,21H,5-8,11H2,1-2H3. The molecule has 112 valence electrons. The molecule has 1 aliphatic heterocycles. The normalized spacial score (nSPS) is 19.0. The molecule has 1 saturated heterocycles. The summed E-state index contributed by atoms with van der Waals surface area (Å²) in [4.78, 5) is 19.0. The first-order chi connectivity index (χ1) is 9.93. The Balaban J connectivity index is 1.82. The van der Waals surface area contributed by atoms with E-state index < -0.39 is 5.60 Å². The van der Waals surface area contributed by atoms with Crippen molar-refractivity contribution in [3.63, 3.8) is 0 Å². The van der Waals surface area contributed by atoms with Gasteiger partial charge in [-0.1, -0.05) is 6.07 Å². The fraction of sp³-hybridized carbons (Fsp3) is 0.500. The Bertz CT molecular complexity index is 711. The molecule has 3 rings (SSSR count). The van der Waals surface area contributed by atoms with Gasteiger partial charge in [-0.2, -0.15) is 0 Å². The van der Waals surface area contributed by atoms with E-state index >= 15 is 0 Å². The van der Waals surface area contributed by atoms with Gasteiger partial charge in [0.05, 0.1) is 11.3 Å². The number of hydrogen-bond acceptors (Lipinski definition) is 4. The lowest BCUT2D eigenvalue weighted by Gasteiger charge is -2.35. The Hall–Kier alpha value is -1.72. The molecule has 1 fully saturated rings. The second-order valence-electron chi connectivity index (χ2n) is 6.29. The molecule has 0 aromatic carbocycles. The first-order valence-electron chi connectivity index (χ1n) is 7.37. The minimum absolute atomic E-state index is 0.0392. The highest BCUT2D eigenvalue weighted by Gasteiger charge is 2.27. The summed E-state index contributed by atoms with van der Waals surface area (Å²) in [6, 6.07) is 5.45. The minimum atomic E-state index is -0.551. The van der Waals surface area contributed by atoms with E-state index in [4.69, 9.17) is 0 Å². The number of aryl methyl sites for hydroxylation is 1. The molecule has 0 radical (unpaired) electrons. The summed E-state index contributed by atoms with van der Waals surface area (Å²) in [5, 5.41) is 9.97. The maximum Gasteiger partial charge on any atom is 0.258 e. The summed E-state index contributed by atoms with van der Waals surface area (Å²) in [6.45, 7) is 6.17. The zero-order chi connectivity index (χ0) is 15.0. The summed E-state index contributed by atoms with van der Waals surface area (Å²) in [7, 11) is 0. The van der Waals surface area contributed by atoms with E-state index in [-0.39, 0.29) is 5.56 Å². The average molecular weight is 287 g/mol. The van der Waals surface area contributed by atoms with Crippen molar-refractivity contribution in [3.8, 4) is 0 Å². The van der Waals surface area contributed by atoms with Crippen molar-refractivity contribution in [2.45, 2.75) is 38.8 Å². The van der Waals surface area contributed by atoms with Crippen molar-refractivity contribution in [1.29, 1.82) is 0 Å². The molecule has 0 saturated carbocycles. The largest absolute Gasteiger partial charge is 0.390 e. The number of nitrogens with zero attached hydrogens (tertiary/aromatic N) is 3. The molecule has 0 aliphatic carbocycles. The monoisotopic (exact) mass is 287 g/mol. The highest BCUT2D eigenvalue weighted by atomic mass is 16.3. The van der Waals surface area contributed by atoms with E-state index in [2.05, 4.69) is 9.88 Å². The quantitative estimate of drug-likeness (QED) is 0.906. The van der Waals surface area contributed by atoms with E-state index in [1.165, 1.54) is 0 Å². The molecule has 3 heterocycles. The molecule has 1 N–H and O–H groups in total. The van der Waals surface area contributed by atoms with Crippen molar-refractivity contribution in [2.24, 2.45) is 0 Å². The number of aromatic nitrogens is 2. The zero-order valence-corrected chi connectivity index (χ0v) is 12.5. The molecule has 0 atom stereocenters. The van der Waals surface area contributed by atoms with Gasteiger partial charge in [0.25, 0.3) is 5.56 Å². The Morgan fingerprint density at radius 3 is 2.76 bits per heavy atom. The Morgan fingerprint density at radius 1 is 1.33 bits per heavy atom. The molecule has 0 bridgehead atoms. The van der Waals surface area contributed by atoms with Crippen LogP contribution in [-0.4, -0.2) is 38.1 Å². The molecule has 21 heavy (non-hydrogen) atoms. The summed E-state index contributed by atoms with van der Waals surface area (Å²) >= 11 is 0. The van der Waals surface area contributed by atoms with Crippen molar-refractivity contribution >= 4 is 5.65 Å². The summed E-state index contributed by atoms with van der Waals surface area (Å²) in [5.74, 6) is 0. The minimum Gasteiger partial charge on any atom is -0.390 e. The number of fused-ring (bicyclic) bond motifs is 1. The van der Waals surface area contributed by atoms with Crippen LogP contribution in [0.5, 0.6) is 0 Å². The van der Waals surface area contributed by atoms with Gasteiger partial charge in [-0.3, -0.25) is 14.1 Å². The highest BCUT2D eigenvalue weighted by molar-refractivity contribution is 5.39. The van der Waals surface area contributed by atoms with E-state index in [1.54, 1.807) is 10.5 Å². The third-order valence-corrected chi connectivity index (χ3v) is 4.18. The molecular weight excluding hydrogens is 266 g/mol. The molecule has 0 unspecified atom stereocenters. The summed E-state index contributed by atoms with van der Waals surface area (Å²) < 4.78 is 1.58. The third kappa shape index (κ3) is 3.14. The number of hydrogen-bond donors (Lipinski definition) is 1. The van der Waals surface area contributed by atoms with Gasteiger partial charge >= 0.3 is 0 Å². The topological polar surface area (TPSA) is 57.8 Å². The van der Waals surface area contributed by atoms with Crippen molar-refractivity contribution in [1.82, 2.24) is 14.3 Å². The van der Waals surface area contributed by atoms with Gasteiger partial charge in [0, 0.05) is 31.9 Å². The molecule has 5 heteroatoms. The van der Waals surface area contributed by atoms with Gasteiger partial charge in [-0.25, -0.2) is 4.98 Å². The molecular formula is C16H21N3O2. The van der Waals surface area contributed by atoms with Gasteiger partial charge in [-0.15, -0.1) is 0 Å².